The van der Waals surface area contributed by atoms with E-state index in [1.807, 2.05) is 19.9 Å². The minimum atomic E-state index is 0.0706. The molecule has 0 spiro atoms. The minimum absolute atomic E-state index is 0.0706. The quantitative estimate of drug-likeness (QED) is 0.892. The maximum Gasteiger partial charge on any atom is 0.289 e. The molecule has 20 heavy (non-hydrogen) atoms. The zero-order chi connectivity index (χ0) is 14.7. The second kappa shape index (κ2) is 5.49. The molecule has 5 heteroatoms. The summed E-state index contributed by atoms with van der Waals surface area (Å²) in [6.07, 6.45) is 0. The van der Waals surface area contributed by atoms with E-state index < -0.39 is 0 Å². The van der Waals surface area contributed by atoms with Gasteiger partial charge in [0.1, 0.15) is 11.6 Å². The number of pyridine rings is 1. The summed E-state index contributed by atoms with van der Waals surface area (Å²) in [4.78, 5) is 2.93. The van der Waals surface area contributed by atoms with E-state index in [0.29, 0.717) is 29.3 Å². The summed E-state index contributed by atoms with van der Waals surface area (Å²) in [7, 11) is 0. The van der Waals surface area contributed by atoms with Crippen molar-refractivity contribution in [2.24, 2.45) is 0 Å². The number of phenolic OH excluding ortho intramolecular Hbond substituents is 1. The second-order valence-corrected chi connectivity index (χ2v) is 4.38. The average molecular weight is 270 g/mol. The summed E-state index contributed by atoms with van der Waals surface area (Å²) < 4.78 is 5.36. The monoisotopic (exact) mass is 270 g/mol. The molecular formula is C15H16N3O2+. The van der Waals surface area contributed by atoms with Crippen LogP contribution in [0, 0.1) is 18.3 Å². The van der Waals surface area contributed by atoms with Crippen LogP contribution in [0.4, 0.5) is 5.82 Å². The van der Waals surface area contributed by atoms with E-state index >= 15 is 0 Å². The van der Waals surface area contributed by atoms with Gasteiger partial charge in [-0.1, -0.05) is 6.07 Å². The van der Waals surface area contributed by atoms with Gasteiger partial charge in [-0.2, -0.15) is 5.26 Å². The number of nitrogen functional groups attached to an aromatic ring is 1. The van der Waals surface area contributed by atoms with Gasteiger partial charge in [0.2, 0.25) is 0 Å². The molecule has 0 atom stereocenters. The van der Waals surface area contributed by atoms with Gasteiger partial charge in [0.05, 0.1) is 12.3 Å². The number of nitrogens with zero attached hydrogens (tertiary/aromatic N) is 1. The summed E-state index contributed by atoms with van der Waals surface area (Å²) in [5.41, 5.74) is 8.55. The fourth-order valence-corrected chi connectivity index (χ4v) is 2.05. The molecule has 0 aliphatic carbocycles. The summed E-state index contributed by atoms with van der Waals surface area (Å²) in [5.74, 6) is 0.785. The van der Waals surface area contributed by atoms with Crippen molar-refractivity contribution in [2.75, 3.05) is 12.3 Å². The number of nitriles is 1. The lowest BCUT2D eigenvalue weighted by atomic mass is 10.00. The Labute approximate surface area is 117 Å². The Morgan fingerprint density at radius 1 is 1.40 bits per heavy atom. The van der Waals surface area contributed by atoms with Gasteiger partial charge in [-0.3, -0.25) is 5.73 Å². The number of aryl methyl sites for hydroxylation is 1. The molecular weight excluding hydrogens is 254 g/mol. The molecule has 0 radical (unpaired) electrons. The van der Waals surface area contributed by atoms with Crippen LogP contribution in [-0.4, -0.2) is 11.7 Å². The van der Waals surface area contributed by atoms with Gasteiger partial charge < -0.3 is 9.84 Å². The highest BCUT2D eigenvalue weighted by Crippen LogP contribution is 2.33. The van der Waals surface area contributed by atoms with E-state index in [2.05, 4.69) is 11.1 Å². The fourth-order valence-electron chi connectivity index (χ4n) is 2.05. The summed E-state index contributed by atoms with van der Waals surface area (Å²) >= 11 is 0. The van der Waals surface area contributed by atoms with Crippen LogP contribution in [0.2, 0.25) is 0 Å². The number of H-pyrrole nitrogens is 1. The predicted molar refractivity (Wildman–Crippen MR) is 75.1 cm³/mol. The number of aromatic amines is 1. The standard InChI is InChI=1S/C15H15N3O2/c1-3-20-14-7-10(4-5-13(14)19)11-6-9(2)18-15(17)12(11)8-16/h4-7,19H,3H2,1-2H3,(H2,17,18)/p+1. The molecule has 0 saturated carbocycles. The van der Waals surface area contributed by atoms with Crippen LogP contribution >= 0.6 is 0 Å². The van der Waals surface area contributed by atoms with E-state index in [1.54, 1.807) is 18.2 Å². The third-order valence-electron chi connectivity index (χ3n) is 2.91. The van der Waals surface area contributed by atoms with Crippen LogP contribution in [0.3, 0.4) is 0 Å². The molecule has 1 heterocycles. The molecule has 2 rings (SSSR count). The Balaban J connectivity index is 2.63. The number of anilines is 1. The van der Waals surface area contributed by atoms with Crippen LogP contribution in [0.15, 0.2) is 24.3 Å². The molecule has 0 saturated heterocycles. The molecule has 2 aromatic rings. The Bertz CT molecular complexity index is 690. The maximum absolute atomic E-state index is 9.73. The highest BCUT2D eigenvalue weighted by atomic mass is 16.5. The molecule has 0 aliphatic heterocycles. The van der Waals surface area contributed by atoms with E-state index in [4.69, 9.17) is 10.5 Å². The Morgan fingerprint density at radius 2 is 2.15 bits per heavy atom. The lowest BCUT2D eigenvalue weighted by molar-refractivity contribution is -0.370. The summed E-state index contributed by atoms with van der Waals surface area (Å²) in [5, 5.41) is 19.0. The normalized spacial score (nSPS) is 10.1. The zero-order valence-corrected chi connectivity index (χ0v) is 11.4. The number of rotatable bonds is 3. The van der Waals surface area contributed by atoms with Crippen molar-refractivity contribution in [1.29, 1.82) is 5.26 Å². The molecule has 0 unspecified atom stereocenters. The van der Waals surface area contributed by atoms with Crippen molar-refractivity contribution in [3.05, 3.63) is 35.5 Å². The van der Waals surface area contributed by atoms with Gasteiger partial charge in [-0.25, -0.2) is 4.98 Å². The van der Waals surface area contributed by atoms with Gasteiger partial charge in [0.15, 0.2) is 11.5 Å². The smallest absolute Gasteiger partial charge is 0.289 e. The van der Waals surface area contributed by atoms with Crippen LogP contribution in [0.1, 0.15) is 18.2 Å². The Morgan fingerprint density at radius 3 is 2.80 bits per heavy atom. The third kappa shape index (κ3) is 2.50. The highest BCUT2D eigenvalue weighted by Gasteiger charge is 2.16. The molecule has 0 amide bonds. The molecule has 5 nitrogen and oxygen atoms in total. The Kier molecular flexibility index (Phi) is 3.76. The van der Waals surface area contributed by atoms with Crippen LogP contribution < -0.4 is 15.5 Å². The molecule has 0 bridgehead atoms. The maximum atomic E-state index is 9.73. The number of hydrogen-bond acceptors (Lipinski definition) is 4. The highest BCUT2D eigenvalue weighted by molar-refractivity contribution is 5.75. The van der Waals surface area contributed by atoms with Crippen molar-refractivity contribution in [1.82, 2.24) is 0 Å². The van der Waals surface area contributed by atoms with E-state index in [9.17, 15) is 10.4 Å². The number of aromatic hydroxyl groups is 1. The second-order valence-electron chi connectivity index (χ2n) is 4.38. The number of ether oxygens (including phenoxy) is 1. The van der Waals surface area contributed by atoms with Crippen molar-refractivity contribution < 1.29 is 14.8 Å². The third-order valence-corrected chi connectivity index (χ3v) is 2.91. The first-order chi connectivity index (χ1) is 9.56. The number of nitrogens with one attached hydrogen (secondary N) is 1. The fraction of sp³-hybridized carbons (Fsp3) is 0.200. The van der Waals surface area contributed by atoms with Crippen LogP contribution in [0.25, 0.3) is 11.1 Å². The number of hydrogen-bond donors (Lipinski definition) is 2. The van der Waals surface area contributed by atoms with Gasteiger partial charge in [0, 0.05) is 5.56 Å². The topological polar surface area (TPSA) is 93.4 Å². The molecule has 102 valence electrons. The van der Waals surface area contributed by atoms with Gasteiger partial charge in [0.25, 0.3) is 5.82 Å². The van der Waals surface area contributed by atoms with Crippen molar-refractivity contribution in [3.63, 3.8) is 0 Å². The minimum Gasteiger partial charge on any atom is -0.504 e. The largest absolute Gasteiger partial charge is 0.504 e. The Hall–Kier alpha value is -2.74. The summed E-state index contributed by atoms with van der Waals surface area (Å²) in [6.45, 7) is 4.16. The summed E-state index contributed by atoms with van der Waals surface area (Å²) in [6, 6.07) is 8.92. The van der Waals surface area contributed by atoms with E-state index in [1.165, 1.54) is 0 Å². The first kappa shape index (κ1) is 13.7. The number of benzene rings is 1. The molecule has 0 fully saturated rings. The number of aromatic nitrogens is 1. The van der Waals surface area contributed by atoms with E-state index in [0.717, 1.165) is 11.3 Å². The molecule has 1 aromatic carbocycles. The number of nitrogens with two attached hydrogens (primary N) is 1. The van der Waals surface area contributed by atoms with Crippen molar-refractivity contribution in [2.45, 2.75) is 13.8 Å². The van der Waals surface area contributed by atoms with Gasteiger partial charge in [-0.15, -0.1) is 0 Å². The first-order valence-electron chi connectivity index (χ1n) is 6.25. The molecule has 0 aliphatic rings. The lowest BCUT2D eigenvalue weighted by Crippen LogP contribution is -2.16. The zero-order valence-electron chi connectivity index (χ0n) is 11.4. The first-order valence-corrected chi connectivity index (χ1v) is 6.25. The average Bonchev–Trinajstić information content (AvgIpc) is 2.41. The van der Waals surface area contributed by atoms with Crippen LogP contribution in [0.5, 0.6) is 11.5 Å². The molecule has 1 aromatic heterocycles. The van der Waals surface area contributed by atoms with Gasteiger partial charge >= 0.3 is 0 Å². The number of phenols is 1. The van der Waals surface area contributed by atoms with Gasteiger partial charge in [-0.05, 0) is 37.6 Å². The lowest BCUT2D eigenvalue weighted by Gasteiger charge is -2.10. The molecule has 4 N–H and O–H groups in total. The van der Waals surface area contributed by atoms with Crippen LogP contribution in [-0.2, 0) is 0 Å². The van der Waals surface area contributed by atoms with Crippen molar-refractivity contribution >= 4 is 5.82 Å². The van der Waals surface area contributed by atoms with Crippen molar-refractivity contribution in [3.8, 4) is 28.7 Å². The predicted octanol–water partition coefficient (Wildman–Crippen LogP) is 2.03. The van der Waals surface area contributed by atoms with E-state index in [-0.39, 0.29) is 5.75 Å². The SMILES string of the molecule is CCOc1cc(-c2cc(C)[nH+]c(N)c2C#N)ccc1O.